The fourth-order valence-corrected chi connectivity index (χ4v) is 1.28. The standard InChI is InChI=1S/C13H10FN3O/c14-12-5-3-10(4-6-12)8-16-17-13(18)11-2-1-7-15-9-11/h1-9H,(H,17,18)/b16-8-. The van der Waals surface area contributed by atoms with Crippen molar-refractivity contribution in [1.29, 1.82) is 0 Å². The number of rotatable bonds is 3. The Balaban J connectivity index is 1.96. The number of nitrogens with zero attached hydrogens (tertiary/aromatic N) is 2. The Morgan fingerprint density at radius 1 is 1.28 bits per heavy atom. The van der Waals surface area contributed by atoms with Gasteiger partial charge in [0, 0.05) is 12.4 Å². The molecule has 1 N–H and O–H groups in total. The molecule has 2 rings (SSSR count). The molecule has 0 aliphatic heterocycles. The van der Waals surface area contributed by atoms with Gasteiger partial charge in [0.25, 0.3) is 5.91 Å². The summed E-state index contributed by atoms with van der Waals surface area (Å²) < 4.78 is 12.6. The number of aromatic nitrogens is 1. The predicted octanol–water partition coefficient (Wildman–Crippen LogP) is 1.98. The third kappa shape index (κ3) is 3.21. The van der Waals surface area contributed by atoms with E-state index in [9.17, 15) is 9.18 Å². The first-order chi connectivity index (χ1) is 8.75. The summed E-state index contributed by atoms with van der Waals surface area (Å²) in [7, 11) is 0. The molecule has 1 aromatic heterocycles. The van der Waals surface area contributed by atoms with Crippen LogP contribution in [0.3, 0.4) is 0 Å². The number of carbonyl (C=O) groups is 1. The van der Waals surface area contributed by atoms with Crippen molar-refractivity contribution in [2.45, 2.75) is 0 Å². The number of amides is 1. The smallest absolute Gasteiger partial charge is 0.267 e. The summed E-state index contributed by atoms with van der Waals surface area (Å²) >= 11 is 0. The topological polar surface area (TPSA) is 54.4 Å². The van der Waals surface area contributed by atoms with Gasteiger partial charge >= 0.3 is 0 Å². The van der Waals surface area contributed by atoms with E-state index < -0.39 is 0 Å². The monoisotopic (exact) mass is 243 g/mol. The SMILES string of the molecule is O=C(N/N=C\c1ccc(F)cc1)c1cccnc1. The Bertz CT molecular complexity index is 552. The van der Waals surface area contributed by atoms with Crippen molar-refractivity contribution >= 4 is 12.1 Å². The maximum absolute atomic E-state index is 12.6. The van der Waals surface area contributed by atoms with Gasteiger partial charge < -0.3 is 0 Å². The molecular weight excluding hydrogens is 233 g/mol. The lowest BCUT2D eigenvalue weighted by atomic mass is 10.2. The van der Waals surface area contributed by atoms with Crippen LogP contribution in [0, 0.1) is 5.82 Å². The molecule has 1 amide bonds. The Morgan fingerprint density at radius 3 is 2.72 bits per heavy atom. The fraction of sp³-hybridized carbons (Fsp3) is 0. The van der Waals surface area contributed by atoms with E-state index in [2.05, 4.69) is 15.5 Å². The molecule has 0 bridgehead atoms. The van der Waals surface area contributed by atoms with E-state index in [1.807, 2.05) is 0 Å². The van der Waals surface area contributed by atoms with Gasteiger partial charge in [0.05, 0.1) is 11.8 Å². The first-order valence-electron chi connectivity index (χ1n) is 5.25. The van der Waals surface area contributed by atoms with Crippen LogP contribution < -0.4 is 5.43 Å². The molecule has 0 spiro atoms. The maximum atomic E-state index is 12.6. The third-order valence-corrected chi connectivity index (χ3v) is 2.17. The highest BCUT2D eigenvalue weighted by Gasteiger charge is 2.02. The number of hydrazone groups is 1. The number of hydrogen-bond donors (Lipinski definition) is 1. The number of halogens is 1. The lowest BCUT2D eigenvalue weighted by Crippen LogP contribution is -2.17. The summed E-state index contributed by atoms with van der Waals surface area (Å²) in [6, 6.07) is 9.08. The number of hydrogen-bond acceptors (Lipinski definition) is 3. The number of benzene rings is 1. The molecule has 5 heteroatoms. The zero-order valence-corrected chi connectivity index (χ0v) is 9.38. The van der Waals surface area contributed by atoms with Crippen molar-refractivity contribution in [3.05, 3.63) is 65.7 Å². The summed E-state index contributed by atoms with van der Waals surface area (Å²) in [5.41, 5.74) is 3.48. The molecule has 1 heterocycles. The van der Waals surface area contributed by atoms with E-state index in [-0.39, 0.29) is 11.7 Å². The van der Waals surface area contributed by atoms with E-state index in [0.29, 0.717) is 11.1 Å². The lowest BCUT2D eigenvalue weighted by molar-refractivity contribution is 0.0955. The van der Waals surface area contributed by atoms with Crippen molar-refractivity contribution in [3.63, 3.8) is 0 Å². The van der Waals surface area contributed by atoms with Crippen LogP contribution in [-0.2, 0) is 0 Å². The molecule has 0 saturated carbocycles. The second-order valence-corrected chi connectivity index (χ2v) is 3.49. The van der Waals surface area contributed by atoms with Crippen molar-refractivity contribution in [2.24, 2.45) is 5.10 Å². The highest BCUT2D eigenvalue weighted by molar-refractivity contribution is 5.94. The van der Waals surface area contributed by atoms with Crippen LogP contribution >= 0.6 is 0 Å². The molecular formula is C13H10FN3O. The summed E-state index contributed by atoms with van der Waals surface area (Å²) in [5, 5.41) is 3.77. The van der Waals surface area contributed by atoms with Gasteiger partial charge in [-0.1, -0.05) is 12.1 Å². The third-order valence-electron chi connectivity index (χ3n) is 2.17. The first kappa shape index (κ1) is 11.9. The van der Waals surface area contributed by atoms with Gasteiger partial charge in [0.1, 0.15) is 5.82 Å². The molecule has 1 aromatic carbocycles. The van der Waals surface area contributed by atoms with E-state index in [1.165, 1.54) is 24.5 Å². The quantitative estimate of drug-likeness (QED) is 0.662. The zero-order chi connectivity index (χ0) is 12.8. The van der Waals surface area contributed by atoms with Gasteiger partial charge in [-0.2, -0.15) is 5.10 Å². The molecule has 0 atom stereocenters. The van der Waals surface area contributed by atoms with Crippen molar-refractivity contribution in [2.75, 3.05) is 0 Å². The van der Waals surface area contributed by atoms with Gasteiger partial charge in [0.2, 0.25) is 0 Å². The van der Waals surface area contributed by atoms with Crippen LogP contribution in [0.2, 0.25) is 0 Å². The van der Waals surface area contributed by atoms with Gasteiger partial charge in [0.15, 0.2) is 0 Å². The normalized spacial score (nSPS) is 10.5. The van der Waals surface area contributed by atoms with Gasteiger partial charge in [-0.15, -0.1) is 0 Å². The van der Waals surface area contributed by atoms with Crippen LogP contribution in [-0.4, -0.2) is 17.1 Å². The van der Waals surface area contributed by atoms with Crippen LogP contribution in [0.15, 0.2) is 53.9 Å². The Labute approximate surface area is 103 Å². The fourth-order valence-electron chi connectivity index (χ4n) is 1.28. The minimum Gasteiger partial charge on any atom is -0.267 e. The van der Waals surface area contributed by atoms with Gasteiger partial charge in [-0.05, 0) is 29.8 Å². The van der Waals surface area contributed by atoms with E-state index in [0.717, 1.165) is 0 Å². The summed E-state index contributed by atoms with van der Waals surface area (Å²) in [6.45, 7) is 0. The molecule has 90 valence electrons. The zero-order valence-electron chi connectivity index (χ0n) is 9.38. The Kier molecular flexibility index (Phi) is 3.76. The molecule has 0 radical (unpaired) electrons. The Hall–Kier alpha value is -2.56. The van der Waals surface area contributed by atoms with Crippen LogP contribution in [0.1, 0.15) is 15.9 Å². The minimum absolute atomic E-state index is 0.313. The molecule has 0 saturated heterocycles. The van der Waals surface area contributed by atoms with Crippen molar-refractivity contribution in [1.82, 2.24) is 10.4 Å². The average molecular weight is 243 g/mol. The molecule has 0 aliphatic carbocycles. The minimum atomic E-state index is -0.346. The molecule has 0 aliphatic rings. The second-order valence-electron chi connectivity index (χ2n) is 3.49. The molecule has 4 nitrogen and oxygen atoms in total. The van der Waals surface area contributed by atoms with E-state index in [4.69, 9.17) is 0 Å². The molecule has 0 unspecified atom stereocenters. The van der Waals surface area contributed by atoms with Crippen LogP contribution in [0.4, 0.5) is 4.39 Å². The highest BCUT2D eigenvalue weighted by atomic mass is 19.1. The number of pyridine rings is 1. The first-order valence-corrected chi connectivity index (χ1v) is 5.25. The lowest BCUT2D eigenvalue weighted by Gasteiger charge is -1.98. The maximum Gasteiger partial charge on any atom is 0.272 e. The van der Waals surface area contributed by atoms with Crippen LogP contribution in [0.25, 0.3) is 0 Å². The number of carbonyl (C=O) groups excluding carboxylic acids is 1. The van der Waals surface area contributed by atoms with Crippen molar-refractivity contribution < 1.29 is 9.18 Å². The summed E-state index contributed by atoms with van der Waals surface area (Å²) in [6.07, 6.45) is 4.47. The molecule has 2 aromatic rings. The number of nitrogens with one attached hydrogen (secondary N) is 1. The second kappa shape index (κ2) is 5.67. The van der Waals surface area contributed by atoms with Gasteiger partial charge in [-0.25, -0.2) is 9.82 Å². The molecule has 0 fully saturated rings. The predicted molar refractivity (Wildman–Crippen MR) is 65.7 cm³/mol. The summed E-state index contributed by atoms with van der Waals surface area (Å²) in [5.74, 6) is -0.659. The van der Waals surface area contributed by atoms with Crippen molar-refractivity contribution in [3.8, 4) is 0 Å². The van der Waals surface area contributed by atoms with E-state index >= 15 is 0 Å². The van der Waals surface area contributed by atoms with E-state index in [1.54, 1.807) is 30.5 Å². The highest BCUT2D eigenvalue weighted by Crippen LogP contribution is 1.99. The Morgan fingerprint density at radius 2 is 2.06 bits per heavy atom. The van der Waals surface area contributed by atoms with Crippen LogP contribution in [0.5, 0.6) is 0 Å². The summed E-state index contributed by atoms with van der Waals surface area (Å²) in [4.78, 5) is 15.4. The largest absolute Gasteiger partial charge is 0.272 e. The molecule has 18 heavy (non-hydrogen) atoms. The average Bonchev–Trinajstić information content (AvgIpc) is 2.42. The van der Waals surface area contributed by atoms with Gasteiger partial charge in [-0.3, -0.25) is 9.78 Å².